The van der Waals surface area contributed by atoms with Crippen LogP contribution in [0.4, 0.5) is 0 Å². The van der Waals surface area contributed by atoms with Crippen LogP contribution in [0.25, 0.3) is 0 Å². The number of aliphatic hydroxyl groups is 1. The Hall–Kier alpha value is -1.10. The van der Waals surface area contributed by atoms with Crippen LogP contribution in [0.1, 0.15) is 19.4 Å². The molecule has 0 spiro atoms. The van der Waals surface area contributed by atoms with Crippen molar-refractivity contribution in [1.29, 1.82) is 0 Å². The standard InChI is InChI=1S/C15H26N2O2/c1-12(2)16-9-14(18)11-17(3)10-13-6-5-7-15(8-13)19-4/h5-8,12,14,16,18H,9-11H2,1-4H3. The molecule has 108 valence electrons. The fraction of sp³-hybridized carbons (Fsp3) is 0.600. The van der Waals surface area contributed by atoms with Gasteiger partial charge in [0.1, 0.15) is 5.75 Å². The molecule has 1 rings (SSSR count). The maximum atomic E-state index is 9.92. The van der Waals surface area contributed by atoms with Gasteiger partial charge in [0.15, 0.2) is 0 Å². The van der Waals surface area contributed by atoms with E-state index < -0.39 is 0 Å². The highest BCUT2D eigenvalue weighted by Gasteiger charge is 2.09. The number of aliphatic hydroxyl groups excluding tert-OH is 1. The molecule has 0 heterocycles. The van der Waals surface area contributed by atoms with E-state index in [-0.39, 0.29) is 6.10 Å². The Morgan fingerprint density at radius 3 is 2.74 bits per heavy atom. The van der Waals surface area contributed by atoms with Crippen LogP contribution in [0.15, 0.2) is 24.3 Å². The first kappa shape index (κ1) is 16.0. The summed E-state index contributed by atoms with van der Waals surface area (Å²) in [5.41, 5.74) is 1.19. The first-order valence-corrected chi connectivity index (χ1v) is 6.74. The average molecular weight is 266 g/mol. The van der Waals surface area contributed by atoms with Gasteiger partial charge in [-0.15, -0.1) is 0 Å². The van der Waals surface area contributed by atoms with Crippen molar-refractivity contribution < 1.29 is 9.84 Å². The zero-order valence-corrected chi connectivity index (χ0v) is 12.4. The van der Waals surface area contributed by atoms with Crippen molar-refractivity contribution in [2.75, 3.05) is 27.2 Å². The minimum absolute atomic E-state index is 0.349. The largest absolute Gasteiger partial charge is 0.497 e. The molecule has 1 aromatic carbocycles. The Bertz CT molecular complexity index is 369. The lowest BCUT2D eigenvalue weighted by atomic mass is 10.2. The summed E-state index contributed by atoms with van der Waals surface area (Å²) in [6.45, 7) is 6.23. The van der Waals surface area contributed by atoms with Crippen LogP contribution in [0, 0.1) is 0 Å². The van der Waals surface area contributed by atoms with Crippen molar-refractivity contribution in [3.63, 3.8) is 0 Å². The summed E-state index contributed by atoms with van der Waals surface area (Å²) in [7, 11) is 3.68. The third-order valence-corrected chi connectivity index (χ3v) is 2.87. The molecule has 0 saturated heterocycles. The highest BCUT2D eigenvalue weighted by atomic mass is 16.5. The smallest absolute Gasteiger partial charge is 0.119 e. The molecule has 0 radical (unpaired) electrons. The van der Waals surface area contributed by atoms with E-state index in [1.807, 2.05) is 25.2 Å². The number of nitrogens with zero attached hydrogens (tertiary/aromatic N) is 1. The lowest BCUT2D eigenvalue weighted by Gasteiger charge is -2.22. The molecule has 0 aliphatic heterocycles. The van der Waals surface area contributed by atoms with Crippen molar-refractivity contribution >= 4 is 0 Å². The van der Waals surface area contributed by atoms with Crippen molar-refractivity contribution in [3.8, 4) is 5.75 Å². The molecule has 0 bridgehead atoms. The van der Waals surface area contributed by atoms with Crippen LogP contribution in [0.3, 0.4) is 0 Å². The normalized spacial score (nSPS) is 13.0. The fourth-order valence-corrected chi connectivity index (χ4v) is 1.94. The van der Waals surface area contributed by atoms with Crippen LogP contribution < -0.4 is 10.1 Å². The number of methoxy groups -OCH3 is 1. The molecule has 1 unspecified atom stereocenters. The van der Waals surface area contributed by atoms with Crippen LogP contribution in [0.5, 0.6) is 5.75 Å². The summed E-state index contributed by atoms with van der Waals surface area (Å²) in [6, 6.07) is 8.41. The van der Waals surface area contributed by atoms with Crippen LogP contribution in [-0.4, -0.2) is 49.4 Å². The van der Waals surface area contributed by atoms with E-state index in [0.717, 1.165) is 12.3 Å². The van der Waals surface area contributed by atoms with Gasteiger partial charge in [-0.2, -0.15) is 0 Å². The number of hydrogen-bond donors (Lipinski definition) is 2. The molecule has 0 saturated carbocycles. The zero-order valence-electron chi connectivity index (χ0n) is 12.4. The molecular formula is C15H26N2O2. The van der Waals surface area contributed by atoms with Crippen LogP contribution in [-0.2, 0) is 6.54 Å². The lowest BCUT2D eigenvalue weighted by molar-refractivity contribution is 0.119. The number of ether oxygens (including phenoxy) is 1. The monoisotopic (exact) mass is 266 g/mol. The zero-order chi connectivity index (χ0) is 14.3. The summed E-state index contributed by atoms with van der Waals surface area (Å²) in [4.78, 5) is 2.11. The van der Waals surface area contributed by atoms with E-state index in [9.17, 15) is 5.11 Å². The second-order valence-corrected chi connectivity index (χ2v) is 5.27. The predicted molar refractivity (Wildman–Crippen MR) is 78.5 cm³/mol. The SMILES string of the molecule is COc1cccc(CN(C)CC(O)CNC(C)C)c1. The highest BCUT2D eigenvalue weighted by Crippen LogP contribution is 2.13. The van der Waals surface area contributed by atoms with Gasteiger partial charge < -0.3 is 15.2 Å². The average Bonchev–Trinajstić information content (AvgIpc) is 2.36. The predicted octanol–water partition coefficient (Wildman–Crippen LogP) is 1.49. The van der Waals surface area contributed by atoms with E-state index >= 15 is 0 Å². The molecular weight excluding hydrogens is 240 g/mol. The summed E-state index contributed by atoms with van der Waals surface area (Å²) >= 11 is 0. The highest BCUT2D eigenvalue weighted by molar-refractivity contribution is 5.28. The van der Waals surface area contributed by atoms with Crippen molar-refractivity contribution in [2.45, 2.75) is 32.5 Å². The van der Waals surface area contributed by atoms with Gasteiger partial charge in [-0.05, 0) is 24.7 Å². The summed E-state index contributed by atoms with van der Waals surface area (Å²) in [5.74, 6) is 0.868. The molecule has 4 heteroatoms. The van der Waals surface area contributed by atoms with Crippen LogP contribution in [0.2, 0.25) is 0 Å². The van der Waals surface area contributed by atoms with Crippen molar-refractivity contribution in [3.05, 3.63) is 29.8 Å². The van der Waals surface area contributed by atoms with E-state index in [2.05, 4.69) is 30.1 Å². The van der Waals surface area contributed by atoms with Gasteiger partial charge in [0.2, 0.25) is 0 Å². The third kappa shape index (κ3) is 6.57. The fourth-order valence-electron chi connectivity index (χ4n) is 1.94. The maximum absolute atomic E-state index is 9.92. The quantitative estimate of drug-likeness (QED) is 0.748. The number of nitrogens with one attached hydrogen (secondary N) is 1. The number of likely N-dealkylation sites (N-methyl/N-ethyl adjacent to an activating group) is 1. The minimum atomic E-state index is -0.349. The second kappa shape index (κ2) is 8.15. The molecule has 2 N–H and O–H groups in total. The Balaban J connectivity index is 2.39. The van der Waals surface area contributed by atoms with Gasteiger partial charge in [-0.3, -0.25) is 4.90 Å². The molecule has 4 nitrogen and oxygen atoms in total. The van der Waals surface area contributed by atoms with Crippen molar-refractivity contribution in [2.24, 2.45) is 0 Å². The molecule has 1 aromatic rings. The van der Waals surface area contributed by atoms with Gasteiger partial charge in [0, 0.05) is 25.7 Å². The Kier molecular flexibility index (Phi) is 6.84. The molecule has 1 atom stereocenters. The van der Waals surface area contributed by atoms with Gasteiger partial charge in [0.25, 0.3) is 0 Å². The molecule has 0 aliphatic carbocycles. The second-order valence-electron chi connectivity index (χ2n) is 5.27. The van der Waals surface area contributed by atoms with E-state index in [1.165, 1.54) is 5.56 Å². The lowest BCUT2D eigenvalue weighted by Crippen LogP contribution is -2.38. The van der Waals surface area contributed by atoms with Gasteiger partial charge in [0.05, 0.1) is 13.2 Å². The molecule has 0 amide bonds. The summed E-state index contributed by atoms with van der Waals surface area (Å²) < 4.78 is 5.20. The number of hydrogen-bond acceptors (Lipinski definition) is 4. The van der Waals surface area contributed by atoms with E-state index in [0.29, 0.717) is 19.1 Å². The molecule has 0 aliphatic rings. The Morgan fingerprint density at radius 2 is 2.11 bits per heavy atom. The topological polar surface area (TPSA) is 44.7 Å². The van der Waals surface area contributed by atoms with E-state index in [1.54, 1.807) is 7.11 Å². The van der Waals surface area contributed by atoms with Gasteiger partial charge in [-0.1, -0.05) is 26.0 Å². The van der Waals surface area contributed by atoms with Gasteiger partial charge >= 0.3 is 0 Å². The third-order valence-electron chi connectivity index (χ3n) is 2.87. The number of rotatable bonds is 8. The molecule has 0 fully saturated rings. The van der Waals surface area contributed by atoms with Gasteiger partial charge in [-0.25, -0.2) is 0 Å². The minimum Gasteiger partial charge on any atom is -0.497 e. The maximum Gasteiger partial charge on any atom is 0.119 e. The first-order valence-electron chi connectivity index (χ1n) is 6.74. The number of benzene rings is 1. The van der Waals surface area contributed by atoms with Crippen molar-refractivity contribution in [1.82, 2.24) is 10.2 Å². The summed E-state index contributed by atoms with van der Waals surface area (Å²) in [6.07, 6.45) is -0.349. The summed E-state index contributed by atoms with van der Waals surface area (Å²) in [5, 5.41) is 13.2. The molecule has 0 aromatic heterocycles. The molecule has 19 heavy (non-hydrogen) atoms. The first-order chi connectivity index (χ1) is 9.01. The van der Waals surface area contributed by atoms with E-state index in [4.69, 9.17) is 4.74 Å². The van der Waals surface area contributed by atoms with Crippen LogP contribution >= 0.6 is 0 Å². The Labute approximate surface area is 116 Å². The Morgan fingerprint density at radius 1 is 1.37 bits per heavy atom.